The van der Waals surface area contributed by atoms with Crippen molar-refractivity contribution in [1.82, 2.24) is 5.16 Å². The second-order valence-corrected chi connectivity index (χ2v) is 5.63. The van der Waals surface area contributed by atoms with Gasteiger partial charge in [0, 0.05) is 17.9 Å². The van der Waals surface area contributed by atoms with Crippen molar-refractivity contribution in [3.63, 3.8) is 0 Å². The van der Waals surface area contributed by atoms with Gasteiger partial charge in [0.2, 0.25) is 0 Å². The van der Waals surface area contributed by atoms with E-state index in [1.165, 1.54) is 6.07 Å². The van der Waals surface area contributed by atoms with E-state index in [1.807, 2.05) is 0 Å². The molecule has 0 radical (unpaired) electrons. The third-order valence-corrected chi connectivity index (χ3v) is 3.52. The SMILES string of the molecule is CC(C)C(=O)Oc1ccc2c(Cc3ccccc3F)noc2c1. The molecule has 3 aromatic rings. The lowest BCUT2D eigenvalue weighted by Gasteiger charge is -2.06. The number of fused-ring (bicyclic) bond motifs is 1. The summed E-state index contributed by atoms with van der Waals surface area (Å²) in [6.07, 6.45) is 0.338. The first-order chi connectivity index (χ1) is 11.0. The zero-order valence-electron chi connectivity index (χ0n) is 12.9. The third-order valence-electron chi connectivity index (χ3n) is 3.52. The van der Waals surface area contributed by atoms with Crippen LogP contribution in [0.5, 0.6) is 5.75 Å². The molecule has 3 rings (SSSR count). The fourth-order valence-electron chi connectivity index (χ4n) is 2.22. The zero-order chi connectivity index (χ0) is 16.4. The number of benzene rings is 2. The fourth-order valence-corrected chi connectivity index (χ4v) is 2.22. The van der Waals surface area contributed by atoms with Crippen LogP contribution in [0.1, 0.15) is 25.1 Å². The lowest BCUT2D eigenvalue weighted by atomic mass is 10.1. The molecule has 0 aliphatic rings. The maximum Gasteiger partial charge on any atom is 0.313 e. The first-order valence-corrected chi connectivity index (χ1v) is 7.38. The maximum absolute atomic E-state index is 13.7. The lowest BCUT2D eigenvalue weighted by molar-refractivity contribution is -0.137. The second kappa shape index (κ2) is 6.20. The molecule has 0 saturated carbocycles. The summed E-state index contributed by atoms with van der Waals surface area (Å²) < 4.78 is 24.3. The van der Waals surface area contributed by atoms with E-state index in [0.717, 1.165) is 5.39 Å². The summed E-state index contributed by atoms with van der Waals surface area (Å²) in [5.74, 6) is -0.386. The zero-order valence-corrected chi connectivity index (χ0v) is 12.9. The van der Waals surface area contributed by atoms with Crippen LogP contribution >= 0.6 is 0 Å². The van der Waals surface area contributed by atoms with Crippen molar-refractivity contribution in [2.24, 2.45) is 5.92 Å². The fraction of sp³-hybridized carbons (Fsp3) is 0.222. The number of carbonyl (C=O) groups is 1. The first-order valence-electron chi connectivity index (χ1n) is 7.38. The smallest absolute Gasteiger partial charge is 0.313 e. The molecule has 0 aliphatic carbocycles. The molecule has 0 fully saturated rings. The molecule has 0 N–H and O–H groups in total. The predicted molar refractivity (Wildman–Crippen MR) is 83.7 cm³/mol. The molecule has 0 atom stereocenters. The van der Waals surface area contributed by atoms with Gasteiger partial charge in [0.15, 0.2) is 5.58 Å². The Morgan fingerprint density at radius 3 is 2.78 bits per heavy atom. The standard InChI is InChI=1S/C18H16FNO3/c1-11(2)18(21)22-13-7-8-14-16(20-23-17(14)10-13)9-12-5-3-4-6-15(12)19/h3-8,10-11H,9H2,1-2H3. The van der Waals surface area contributed by atoms with Crippen LogP contribution in [0.25, 0.3) is 11.0 Å². The van der Waals surface area contributed by atoms with Gasteiger partial charge in [0.05, 0.1) is 11.6 Å². The van der Waals surface area contributed by atoms with E-state index >= 15 is 0 Å². The number of esters is 1. The van der Waals surface area contributed by atoms with Gasteiger partial charge in [-0.1, -0.05) is 37.2 Å². The molecule has 0 saturated heterocycles. The van der Waals surface area contributed by atoms with Crippen LogP contribution < -0.4 is 4.74 Å². The molecule has 1 aromatic heterocycles. The molecular weight excluding hydrogens is 297 g/mol. The van der Waals surface area contributed by atoms with Crippen molar-refractivity contribution >= 4 is 16.9 Å². The van der Waals surface area contributed by atoms with Gasteiger partial charge >= 0.3 is 5.97 Å². The molecule has 23 heavy (non-hydrogen) atoms. The van der Waals surface area contributed by atoms with Gasteiger partial charge in [0.1, 0.15) is 11.6 Å². The normalized spacial score (nSPS) is 11.1. The van der Waals surface area contributed by atoms with Crippen LogP contribution in [0.4, 0.5) is 4.39 Å². The maximum atomic E-state index is 13.7. The van der Waals surface area contributed by atoms with Gasteiger partial charge in [-0.05, 0) is 23.8 Å². The van der Waals surface area contributed by atoms with E-state index in [2.05, 4.69) is 5.16 Å². The highest BCUT2D eigenvalue weighted by molar-refractivity contribution is 5.82. The van der Waals surface area contributed by atoms with Crippen molar-refractivity contribution in [2.45, 2.75) is 20.3 Å². The highest BCUT2D eigenvalue weighted by atomic mass is 19.1. The van der Waals surface area contributed by atoms with Gasteiger partial charge in [-0.3, -0.25) is 4.79 Å². The Hall–Kier alpha value is -2.69. The van der Waals surface area contributed by atoms with Crippen molar-refractivity contribution < 1.29 is 18.4 Å². The van der Waals surface area contributed by atoms with E-state index in [-0.39, 0.29) is 17.7 Å². The first kappa shape index (κ1) is 15.2. The topological polar surface area (TPSA) is 52.3 Å². The summed E-state index contributed by atoms with van der Waals surface area (Å²) in [5, 5.41) is 4.78. The molecular formula is C18H16FNO3. The van der Waals surface area contributed by atoms with Gasteiger partial charge in [-0.15, -0.1) is 0 Å². The number of halogens is 1. The van der Waals surface area contributed by atoms with E-state index in [1.54, 1.807) is 50.2 Å². The minimum absolute atomic E-state index is 0.211. The van der Waals surface area contributed by atoms with Crippen molar-refractivity contribution in [2.75, 3.05) is 0 Å². The second-order valence-electron chi connectivity index (χ2n) is 5.63. The predicted octanol–water partition coefficient (Wildman–Crippen LogP) is 4.12. The van der Waals surface area contributed by atoms with Crippen LogP contribution in [0, 0.1) is 11.7 Å². The summed E-state index contributed by atoms with van der Waals surface area (Å²) in [7, 11) is 0. The Morgan fingerprint density at radius 1 is 1.26 bits per heavy atom. The lowest BCUT2D eigenvalue weighted by Crippen LogP contribution is -2.14. The van der Waals surface area contributed by atoms with Crippen LogP contribution in [0.3, 0.4) is 0 Å². The molecule has 0 aliphatic heterocycles. The number of rotatable bonds is 4. The molecule has 2 aromatic carbocycles. The van der Waals surface area contributed by atoms with E-state index in [4.69, 9.17) is 9.26 Å². The summed E-state index contributed by atoms with van der Waals surface area (Å²) in [5.41, 5.74) is 1.70. The Balaban J connectivity index is 1.87. The summed E-state index contributed by atoms with van der Waals surface area (Å²) in [6.45, 7) is 3.53. The molecule has 5 heteroatoms. The molecule has 0 unspecified atom stereocenters. The van der Waals surface area contributed by atoms with Crippen LogP contribution in [0.2, 0.25) is 0 Å². The molecule has 0 bridgehead atoms. The quantitative estimate of drug-likeness (QED) is 0.537. The van der Waals surface area contributed by atoms with Crippen molar-refractivity contribution in [3.8, 4) is 5.75 Å². The van der Waals surface area contributed by atoms with Gasteiger partial charge in [-0.2, -0.15) is 0 Å². The number of carbonyl (C=O) groups excluding carboxylic acids is 1. The number of ether oxygens (including phenoxy) is 1. The minimum Gasteiger partial charge on any atom is -0.426 e. The number of aromatic nitrogens is 1. The Kier molecular flexibility index (Phi) is 4.10. The van der Waals surface area contributed by atoms with Crippen LogP contribution in [-0.4, -0.2) is 11.1 Å². The summed E-state index contributed by atoms with van der Waals surface area (Å²) in [4.78, 5) is 11.6. The average Bonchev–Trinajstić information content (AvgIpc) is 2.92. The largest absolute Gasteiger partial charge is 0.426 e. The van der Waals surface area contributed by atoms with E-state index < -0.39 is 0 Å². The van der Waals surface area contributed by atoms with E-state index in [9.17, 15) is 9.18 Å². The van der Waals surface area contributed by atoms with Crippen molar-refractivity contribution in [3.05, 3.63) is 59.5 Å². The molecule has 1 heterocycles. The van der Waals surface area contributed by atoms with Crippen molar-refractivity contribution in [1.29, 1.82) is 0 Å². The number of nitrogens with zero attached hydrogens (tertiary/aromatic N) is 1. The Labute approximate surface area is 132 Å². The highest BCUT2D eigenvalue weighted by Gasteiger charge is 2.14. The Bertz CT molecular complexity index is 854. The van der Waals surface area contributed by atoms with Gasteiger partial charge in [-0.25, -0.2) is 4.39 Å². The monoisotopic (exact) mass is 313 g/mol. The number of hydrogen-bond acceptors (Lipinski definition) is 4. The minimum atomic E-state index is -0.310. The van der Waals surface area contributed by atoms with Crippen LogP contribution in [-0.2, 0) is 11.2 Å². The molecule has 0 amide bonds. The molecule has 118 valence electrons. The Morgan fingerprint density at radius 2 is 2.04 bits per heavy atom. The highest BCUT2D eigenvalue weighted by Crippen LogP contribution is 2.26. The summed E-state index contributed by atoms with van der Waals surface area (Å²) >= 11 is 0. The average molecular weight is 313 g/mol. The van der Waals surface area contributed by atoms with Crippen LogP contribution in [0.15, 0.2) is 47.0 Å². The van der Waals surface area contributed by atoms with Gasteiger partial charge < -0.3 is 9.26 Å². The number of hydrogen-bond donors (Lipinski definition) is 0. The van der Waals surface area contributed by atoms with E-state index in [0.29, 0.717) is 29.0 Å². The third kappa shape index (κ3) is 3.23. The molecule has 0 spiro atoms. The summed E-state index contributed by atoms with van der Waals surface area (Å²) in [6, 6.07) is 11.6. The molecule has 4 nitrogen and oxygen atoms in total. The van der Waals surface area contributed by atoms with Gasteiger partial charge in [0.25, 0.3) is 0 Å².